The van der Waals surface area contributed by atoms with E-state index >= 15 is 0 Å². The summed E-state index contributed by atoms with van der Waals surface area (Å²) in [5.41, 5.74) is 2.46. The summed E-state index contributed by atoms with van der Waals surface area (Å²) in [6, 6.07) is 3.82. The van der Waals surface area contributed by atoms with Gasteiger partial charge in [-0.3, -0.25) is 0 Å². The molecule has 1 aromatic carbocycles. The SMILES string of the molecule is O=C(Nc1ccc(OC(F)(F)F)cc1)NN1CCOC1=O. The number of ether oxygens (including phenoxy) is 2. The number of hydrogen-bond acceptors (Lipinski definition) is 4. The molecule has 0 aromatic heterocycles. The van der Waals surface area contributed by atoms with Crippen molar-refractivity contribution in [3.8, 4) is 5.75 Å². The van der Waals surface area contributed by atoms with Crippen molar-refractivity contribution in [1.82, 2.24) is 10.4 Å². The van der Waals surface area contributed by atoms with E-state index in [2.05, 4.69) is 20.2 Å². The lowest BCUT2D eigenvalue weighted by Crippen LogP contribution is -2.44. The van der Waals surface area contributed by atoms with E-state index in [0.717, 1.165) is 17.1 Å². The van der Waals surface area contributed by atoms with Crippen LogP contribution in [0.5, 0.6) is 5.75 Å². The zero-order valence-electron chi connectivity index (χ0n) is 10.4. The zero-order valence-corrected chi connectivity index (χ0v) is 10.4. The highest BCUT2D eigenvalue weighted by molar-refractivity contribution is 5.90. The number of carbonyl (C=O) groups excluding carboxylic acids is 2. The van der Waals surface area contributed by atoms with Crippen molar-refractivity contribution in [2.24, 2.45) is 0 Å². The second kappa shape index (κ2) is 5.77. The molecule has 1 aliphatic rings. The number of carbonyl (C=O) groups is 2. The Balaban J connectivity index is 1.88. The molecule has 0 atom stereocenters. The molecule has 1 heterocycles. The van der Waals surface area contributed by atoms with E-state index in [1.807, 2.05) is 0 Å². The summed E-state index contributed by atoms with van der Waals surface area (Å²) < 4.78 is 44.2. The topological polar surface area (TPSA) is 79.9 Å². The Morgan fingerprint density at radius 2 is 1.95 bits per heavy atom. The maximum Gasteiger partial charge on any atom is 0.573 e. The summed E-state index contributed by atoms with van der Waals surface area (Å²) in [7, 11) is 0. The number of nitrogens with zero attached hydrogens (tertiary/aromatic N) is 1. The van der Waals surface area contributed by atoms with E-state index in [9.17, 15) is 22.8 Å². The van der Waals surface area contributed by atoms with Crippen LogP contribution in [0.25, 0.3) is 0 Å². The highest BCUT2D eigenvalue weighted by Gasteiger charge is 2.31. The Hall–Kier alpha value is -2.65. The third kappa shape index (κ3) is 4.44. The van der Waals surface area contributed by atoms with E-state index in [0.29, 0.717) is 0 Å². The number of nitrogens with one attached hydrogen (secondary N) is 2. The Morgan fingerprint density at radius 3 is 2.48 bits per heavy atom. The summed E-state index contributed by atoms with van der Waals surface area (Å²) in [6.45, 7) is 0.382. The molecule has 2 rings (SSSR count). The highest BCUT2D eigenvalue weighted by Crippen LogP contribution is 2.23. The average molecular weight is 305 g/mol. The standard InChI is InChI=1S/C11H10F3N3O4/c12-11(13,14)21-8-3-1-7(2-4-8)15-9(18)16-17-5-6-20-10(17)19/h1-4H,5-6H2,(H2,15,16,18). The molecule has 0 unspecified atom stereocenters. The molecule has 10 heteroatoms. The summed E-state index contributed by atoms with van der Waals surface area (Å²) >= 11 is 0. The molecule has 2 N–H and O–H groups in total. The van der Waals surface area contributed by atoms with Gasteiger partial charge in [0.05, 0.1) is 6.54 Å². The monoisotopic (exact) mass is 305 g/mol. The van der Waals surface area contributed by atoms with Gasteiger partial charge >= 0.3 is 18.5 Å². The van der Waals surface area contributed by atoms with Crippen molar-refractivity contribution in [1.29, 1.82) is 0 Å². The molecule has 3 amide bonds. The Bertz CT molecular complexity index is 533. The first kappa shape index (κ1) is 14.8. The molecule has 0 spiro atoms. The third-order valence-corrected chi connectivity index (χ3v) is 2.34. The molecule has 0 aliphatic carbocycles. The molecule has 7 nitrogen and oxygen atoms in total. The molecule has 21 heavy (non-hydrogen) atoms. The third-order valence-electron chi connectivity index (χ3n) is 2.34. The Kier molecular flexibility index (Phi) is 4.05. The van der Waals surface area contributed by atoms with Crippen LogP contribution in [0, 0.1) is 0 Å². The second-order valence-electron chi connectivity index (χ2n) is 3.90. The van der Waals surface area contributed by atoms with Crippen LogP contribution < -0.4 is 15.5 Å². The lowest BCUT2D eigenvalue weighted by Gasteiger charge is -2.15. The molecule has 0 radical (unpaired) electrons. The molecule has 0 bridgehead atoms. The van der Waals surface area contributed by atoms with Crippen molar-refractivity contribution in [2.75, 3.05) is 18.5 Å². The summed E-state index contributed by atoms with van der Waals surface area (Å²) in [6.07, 6.45) is -5.46. The van der Waals surface area contributed by atoms with Crippen LogP contribution in [0.4, 0.5) is 28.4 Å². The summed E-state index contributed by atoms with van der Waals surface area (Å²) in [4.78, 5) is 22.6. The maximum atomic E-state index is 12.0. The number of alkyl halides is 3. The number of urea groups is 1. The molecular weight excluding hydrogens is 295 g/mol. The zero-order chi connectivity index (χ0) is 15.5. The first-order valence-corrected chi connectivity index (χ1v) is 5.71. The van der Waals surface area contributed by atoms with Gasteiger partial charge in [0.2, 0.25) is 0 Å². The Morgan fingerprint density at radius 1 is 1.29 bits per heavy atom. The molecule has 114 valence electrons. The second-order valence-corrected chi connectivity index (χ2v) is 3.90. The minimum Gasteiger partial charge on any atom is -0.446 e. The van der Waals surface area contributed by atoms with Crippen molar-refractivity contribution < 1.29 is 32.2 Å². The van der Waals surface area contributed by atoms with Crippen LogP contribution in [0.2, 0.25) is 0 Å². The predicted octanol–water partition coefficient (Wildman–Crippen LogP) is 2.07. The van der Waals surface area contributed by atoms with E-state index in [1.165, 1.54) is 12.1 Å². The number of benzene rings is 1. The minimum atomic E-state index is -4.78. The Labute approximate surface area is 116 Å². The number of amides is 3. The number of hydrazine groups is 1. The van der Waals surface area contributed by atoms with Crippen molar-refractivity contribution in [3.05, 3.63) is 24.3 Å². The van der Waals surface area contributed by atoms with Gasteiger partial charge in [-0.05, 0) is 24.3 Å². The fourth-order valence-electron chi connectivity index (χ4n) is 1.52. The predicted molar refractivity (Wildman–Crippen MR) is 63.3 cm³/mol. The van der Waals surface area contributed by atoms with Gasteiger partial charge in [-0.1, -0.05) is 0 Å². The van der Waals surface area contributed by atoms with Crippen LogP contribution in [0.15, 0.2) is 24.3 Å². The van der Waals surface area contributed by atoms with Crippen LogP contribution in [0.3, 0.4) is 0 Å². The number of halogens is 3. The van der Waals surface area contributed by atoms with Gasteiger partial charge in [0.15, 0.2) is 0 Å². The van der Waals surface area contributed by atoms with Gasteiger partial charge < -0.3 is 14.8 Å². The van der Waals surface area contributed by atoms with Crippen molar-refractivity contribution >= 4 is 17.8 Å². The van der Waals surface area contributed by atoms with Crippen LogP contribution >= 0.6 is 0 Å². The van der Waals surface area contributed by atoms with E-state index in [4.69, 9.17) is 0 Å². The number of rotatable bonds is 3. The minimum absolute atomic E-state index is 0.169. The maximum absolute atomic E-state index is 12.0. The van der Waals surface area contributed by atoms with Crippen LogP contribution in [0.1, 0.15) is 0 Å². The first-order chi connectivity index (χ1) is 9.83. The van der Waals surface area contributed by atoms with Gasteiger partial charge in [0, 0.05) is 5.69 Å². The van der Waals surface area contributed by atoms with Gasteiger partial charge in [-0.2, -0.15) is 0 Å². The highest BCUT2D eigenvalue weighted by atomic mass is 19.4. The molecule has 1 aliphatic heterocycles. The first-order valence-electron chi connectivity index (χ1n) is 5.71. The number of hydrogen-bond donors (Lipinski definition) is 2. The van der Waals surface area contributed by atoms with E-state index in [1.54, 1.807) is 0 Å². The van der Waals surface area contributed by atoms with Gasteiger partial charge in [-0.25, -0.2) is 20.0 Å². The summed E-state index contributed by atoms with van der Waals surface area (Å²) in [5.74, 6) is -0.406. The molecule has 1 aromatic rings. The quantitative estimate of drug-likeness (QED) is 0.896. The molecule has 1 saturated heterocycles. The molecule has 0 saturated carbocycles. The number of cyclic esters (lactones) is 1. The van der Waals surface area contributed by atoms with Crippen molar-refractivity contribution in [3.63, 3.8) is 0 Å². The number of anilines is 1. The van der Waals surface area contributed by atoms with Crippen LogP contribution in [-0.4, -0.2) is 36.6 Å². The molecule has 1 fully saturated rings. The smallest absolute Gasteiger partial charge is 0.446 e. The lowest BCUT2D eigenvalue weighted by atomic mass is 10.3. The normalized spacial score (nSPS) is 14.6. The van der Waals surface area contributed by atoms with Gasteiger partial charge in [0.1, 0.15) is 12.4 Å². The molecular formula is C11H10F3N3O4. The summed E-state index contributed by atoms with van der Waals surface area (Å²) in [5, 5.41) is 3.31. The fourth-order valence-corrected chi connectivity index (χ4v) is 1.52. The van der Waals surface area contributed by atoms with Crippen LogP contribution in [-0.2, 0) is 4.74 Å². The lowest BCUT2D eigenvalue weighted by molar-refractivity contribution is -0.274. The van der Waals surface area contributed by atoms with E-state index in [-0.39, 0.29) is 18.8 Å². The largest absolute Gasteiger partial charge is 0.573 e. The average Bonchev–Trinajstić information content (AvgIpc) is 2.76. The van der Waals surface area contributed by atoms with Gasteiger partial charge in [0.25, 0.3) is 0 Å². The van der Waals surface area contributed by atoms with Crippen molar-refractivity contribution in [2.45, 2.75) is 6.36 Å². The van der Waals surface area contributed by atoms with Gasteiger partial charge in [-0.15, -0.1) is 13.2 Å². The van der Waals surface area contributed by atoms with E-state index < -0.39 is 24.2 Å². The fraction of sp³-hybridized carbons (Fsp3) is 0.273.